The Labute approximate surface area is 265 Å². The molecular formula is C32H34ClN9O3. The first kappa shape index (κ1) is 29.0. The number of anilines is 5. The molecule has 0 spiro atoms. The van der Waals surface area contributed by atoms with Gasteiger partial charge in [0.05, 0.1) is 35.4 Å². The van der Waals surface area contributed by atoms with Gasteiger partial charge in [0, 0.05) is 63.5 Å². The van der Waals surface area contributed by atoms with Gasteiger partial charge >= 0.3 is 0 Å². The summed E-state index contributed by atoms with van der Waals surface area (Å²) in [6.45, 7) is 1.54. The Morgan fingerprint density at radius 2 is 1.87 bits per heavy atom. The molecule has 0 saturated carbocycles. The fourth-order valence-corrected chi connectivity index (χ4v) is 6.91. The zero-order chi connectivity index (χ0) is 31.4. The maximum absolute atomic E-state index is 12.6. The van der Waals surface area contributed by atoms with Crippen LogP contribution in [0.3, 0.4) is 0 Å². The second-order valence-electron chi connectivity index (χ2n) is 12.0. The number of hydrogen-bond donors (Lipinski definition) is 2. The van der Waals surface area contributed by atoms with Gasteiger partial charge in [0.2, 0.25) is 23.7 Å². The highest BCUT2D eigenvalue weighted by molar-refractivity contribution is 6.33. The first-order valence-corrected chi connectivity index (χ1v) is 15.5. The summed E-state index contributed by atoms with van der Waals surface area (Å²) >= 11 is 6.49. The van der Waals surface area contributed by atoms with Gasteiger partial charge in [-0.25, -0.2) is 4.98 Å². The van der Waals surface area contributed by atoms with Crippen LogP contribution >= 0.6 is 11.6 Å². The summed E-state index contributed by atoms with van der Waals surface area (Å²) in [5.74, 6) is 0.257. The summed E-state index contributed by atoms with van der Waals surface area (Å²) in [5, 5.41) is 11.9. The molecule has 2 N–H and O–H groups in total. The van der Waals surface area contributed by atoms with Gasteiger partial charge in [-0.3, -0.25) is 24.4 Å². The predicted octanol–water partition coefficient (Wildman–Crippen LogP) is 3.90. The van der Waals surface area contributed by atoms with E-state index < -0.39 is 5.92 Å². The Bertz CT molecular complexity index is 1850. The van der Waals surface area contributed by atoms with Crippen LogP contribution in [0.5, 0.6) is 0 Å². The topological polar surface area (TPSA) is 129 Å². The van der Waals surface area contributed by atoms with E-state index in [0.717, 1.165) is 59.5 Å². The molecule has 2 saturated heterocycles. The number of imide groups is 1. The van der Waals surface area contributed by atoms with Crippen molar-refractivity contribution in [3.63, 3.8) is 0 Å². The largest absolute Gasteiger partial charge is 0.370 e. The number of carbonyl (C=O) groups excluding carboxylic acids is 3. The summed E-state index contributed by atoms with van der Waals surface area (Å²) in [6, 6.07) is 12.2. The quantitative estimate of drug-likeness (QED) is 0.306. The number of amides is 3. The molecule has 1 atom stereocenters. The maximum Gasteiger partial charge on any atom is 0.235 e. The van der Waals surface area contributed by atoms with Crippen LogP contribution in [0.25, 0.3) is 10.9 Å². The number of likely N-dealkylation sites (N-methyl/N-ethyl adjacent to an activating group) is 1. The SMILES string of the molecule is CN1C(=O)Cc2cc(Nc3nc(N4CCC(N(C)c5cccc6c(C7CCC(=O)NC7=O)nn(C)c56)CC4)ncc3Cl)ccc21. The smallest absolute Gasteiger partial charge is 0.235 e. The van der Waals surface area contributed by atoms with E-state index in [0.29, 0.717) is 41.7 Å². The zero-order valence-electron chi connectivity index (χ0n) is 25.4. The molecule has 0 aliphatic carbocycles. The number of fused-ring (bicyclic) bond motifs is 2. The second-order valence-corrected chi connectivity index (χ2v) is 12.4. The summed E-state index contributed by atoms with van der Waals surface area (Å²) in [7, 11) is 5.80. The van der Waals surface area contributed by atoms with Gasteiger partial charge in [0.25, 0.3) is 0 Å². The minimum absolute atomic E-state index is 0.0764. The third-order valence-electron chi connectivity index (χ3n) is 9.27. The highest BCUT2D eigenvalue weighted by atomic mass is 35.5. The van der Waals surface area contributed by atoms with Crippen LogP contribution in [-0.2, 0) is 27.9 Å². The fraction of sp³-hybridized carbons (Fsp3) is 0.375. The normalized spacial score (nSPS) is 18.8. The molecule has 3 amide bonds. The Balaban J connectivity index is 1.05. The lowest BCUT2D eigenvalue weighted by molar-refractivity contribution is -0.134. The van der Waals surface area contributed by atoms with Gasteiger partial charge in [-0.15, -0.1) is 0 Å². The molecule has 0 radical (unpaired) electrons. The highest BCUT2D eigenvalue weighted by Gasteiger charge is 2.33. The van der Waals surface area contributed by atoms with Crippen molar-refractivity contribution in [3.05, 3.63) is 58.9 Å². The van der Waals surface area contributed by atoms with Gasteiger partial charge in [-0.2, -0.15) is 10.1 Å². The van der Waals surface area contributed by atoms with Crippen LogP contribution in [0.4, 0.5) is 28.8 Å². The molecule has 3 aliphatic rings. The third kappa shape index (κ3) is 5.22. The summed E-state index contributed by atoms with van der Waals surface area (Å²) in [4.78, 5) is 51.9. The number of rotatable bonds is 6. The summed E-state index contributed by atoms with van der Waals surface area (Å²) in [5.41, 5.74) is 5.44. The van der Waals surface area contributed by atoms with E-state index >= 15 is 0 Å². The number of carbonyl (C=O) groups is 3. The summed E-state index contributed by atoms with van der Waals surface area (Å²) in [6.07, 6.45) is 4.57. The Morgan fingerprint density at radius 3 is 2.64 bits per heavy atom. The van der Waals surface area contributed by atoms with Crippen LogP contribution in [0, 0.1) is 0 Å². The number of aryl methyl sites for hydroxylation is 1. The van der Waals surface area contributed by atoms with E-state index in [1.807, 2.05) is 42.1 Å². The minimum Gasteiger partial charge on any atom is -0.370 e. The fourth-order valence-electron chi connectivity index (χ4n) is 6.77. The van der Waals surface area contributed by atoms with E-state index in [4.69, 9.17) is 21.7 Å². The minimum atomic E-state index is -0.442. The molecule has 3 aliphatic heterocycles. The van der Waals surface area contributed by atoms with E-state index in [2.05, 4.69) is 38.5 Å². The van der Waals surface area contributed by atoms with E-state index in [-0.39, 0.29) is 23.8 Å². The Hall–Kier alpha value is -4.71. The van der Waals surface area contributed by atoms with Gasteiger partial charge in [0.1, 0.15) is 5.02 Å². The van der Waals surface area contributed by atoms with Crippen molar-refractivity contribution >= 4 is 69.1 Å². The van der Waals surface area contributed by atoms with Crippen molar-refractivity contribution < 1.29 is 14.4 Å². The van der Waals surface area contributed by atoms with Gasteiger partial charge in [0.15, 0.2) is 5.82 Å². The standard InChI is InChI=1S/C32H34ClN9O3/c1-39(25-6-4-5-21-28(38-41(3)29(21)25)22-8-10-26(43)36-31(22)45)20-11-13-42(14-12-20)32-34-17-23(33)30(37-32)35-19-7-9-24-18(15-19)16-27(44)40(24)2/h4-7,9,15,17,20,22H,8,10-14,16H2,1-3H3,(H,34,35,37)(H,36,43,45). The number of nitrogens with zero attached hydrogens (tertiary/aromatic N) is 7. The maximum atomic E-state index is 12.6. The molecular weight excluding hydrogens is 594 g/mol. The van der Waals surface area contributed by atoms with Gasteiger partial charge < -0.3 is 20.0 Å². The van der Waals surface area contributed by atoms with Crippen molar-refractivity contribution in [2.24, 2.45) is 7.05 Å². The van der Waals surface area contributed by atoms with E-state index in [1.165, 1.54) is 0 Å². The number of para-hydroxylation sites is 1. The number of halogens is 1. The van der Waals surface area contributed by atoms with Crippen molar-refractivity contribution in [1.29, 1.82) is 0 Å². The van der Waals surface area contributed by atoms with Crippen molar-refractivity contribution in [2.45, 2.75) is 44.1 Å². The molecule has 0 bridgehead atoms. The van der Waals surface area contributed by atoms with Crippen LogP contribution in [0.2, 0.25) is 5.02 Å². The highest BCUT2D eigenvalue weighted by Crippen LogP contribution is 2.37. The summed E-state index contributed by atoms with van der Waals surface area (Å²) < 4.78 is 1.85. The molecule has 2 aromatic carbocycles. The second kappa shape index (κ2) is 11.3. The number of hydrogen-bond acceptors (Lipinski definition) is 9. The first-order valence-electron chi connectivity index (χ1n) is 15.1. The monoisotopic (exact) mass is 627 g/mol. The zero-order valence-corrected chi connectivity index (χ0v) is 26.1. The van der Waals surface area contributed by atoms with Crippen molar-refractivity contribution in [2.75, 3.05) is 47.2 Å². The average Bonchev–Trinajstić information content (AvgIpc) is 3.52. The van der Waals surface area contributed by atoms with E-state index in [1.54, 1.807) is 18.1 Å². The number of nitrogens with one attached hydrogen (secondary N) is 2. The molecule has 1 unspecified atom stereocenters. The molecule has 232 valence electrons. The van der Waals surface area contributed by atoms with Crippen LogP contribution in [-0.4, -0.2) is 70.7 Å². The number of piperidine rings is 2. The van der Waals surface area contributed by atoms with Gasteiger partial charge in [-0.1, -0.05) is 23.7 Å². The molecule has 45 heavy (non-hydrogen) atoms. The van der Waals surface area contributed by atoms with E-state index in [9.17, 15) is 14.4 Å². The number of benzene rings is 2. The molecule has 13 heteroatoms. The lowest BCUT2D eigenvalue weighted by Crippen LogP contribution is -2.44. The molecule has 12 nitrogen and oxygen atoms in total. The predicted molar refractivity (Wildman–Crippen MR) is 173 cm³/mol. The molecule has 7 rings (SSSR count). The molecule has 5 heterocycles. The lowest BCUT2D eigenvalue weighted by atomic mass is 9.92. The molecule has 2 fully saturated rings. The average molecular weight is 628 g/mol. The van der Waals surface area contributed by atoms with Crippen molar-refractivity contribution in [3.8, 4) is 0 Å². The van der Waals surface area contributed by atoms with Crippen LogP contribution in [0.1, 0.15) is 42.9 Å². The van der Waals surface area contributed by atoms with Crippen molar-refractivity contribution in [1.82, 2.24) is 25.1 Å². The Morgan fingerprint density at radius 1 is 1.07 bits per heavy atom. The van der Waals surface area contributed by atoms with Crippen LogP contribution < -0.4 is 25.3 Å². The van der Waals surface area contributed by atoms with Gasteiger partial charge in [-0.05, 0) is 49.1 Å². The molecule has 2 aromatic heterocycles. The third-order valence-corrected chi connectivity index (χ3v) is 9.54. The van der Waals surface area contributed by atoms with Crippen LogP contribution in [0.15, 0.2) is 42.6 Å². The molecule has 4 aromatic rings. The number of aromatic nitrogens is 4. The lowest BCUT2D eigenvalue weighted by Gasteiger charge is -2.38. The first-order chi connectivity index (χ1) is 21.7. The Kier molecular flexibility index (Phi) is 7.31.